The van der Waals surface area contributed by atoms with Crippen molar-refractivity contribution in [2.45, 2.75) is 25.0 Å². The van der Waals surface area contributed by atoms with Crippen LogP contribution in [0.15, 0.2) is 0 Å². The Labute approximate surface area is 56.1 Å². The van der Waals surface area contributed by atoms with Crippen LogP contribution in [-0.4, -0.2) is 5.25 Å². The van der Waals surface area contributed by atoms with E-state index in [4.69, 9.17) is 0 Å². The monoisotopic (exact) mass is 128 g/mol. The quantitative estimate of drug-likeness (QED) is 0.474. The topological polar surface area (TPSA) is 0 Å². The van der Waals surface area contributed by atoms with Crippen LogP contribution in [0.1, 0.15) is 19.8 Å². The Hall–Kier alpha value is 0.350. The Morgan fingerprint density at radius 3 is 2.12 bits per heavy atom. The molecular formula is C7H12S. The van der Waals surface area contributed by atoms with E-state index in [0.29, 0.717) is 0 Å². The highest BCUT2D eigenvalue weighted by molar-refractivity contribution is 7.81. The average Bonchev–Trinajstić information content (AvgIpc) is 2.35. The van der Waals surface area contributed by atoms with Crippen molar-refractivity contribution in [3.63, 3.8) is 0 Å². The van der Waals surface area contributed by atoms with Crippen molar-refractivity contribution in [3.8, 4) is 0 Å². The van der Waals surface area contributed by atoms with Gasteiger partial charge in [-0.25, -0.2) is 0 Å². The maximum absolute atomic E-state index is 4.49. The van der Waals surface area contributed by atoms with Crippen LogP contribution in [0.5, 0.6) is 0 Å². The summed E-state index contributed by atoms with van der Waals surface area (Å²) < 4.78 is 0. The molecule has 1 heteroatoms. The minimum atomic E-state index is 0.759. The summed E-state index contributed by atoms with van der Waals surface area (Å²) in [7, 11) is 0. The molecule has 0 bridgehead atoms. The molecule has 0 nitrogen and oxygen atoms in total. The molecule has 0 amide bonds. The average molecular weight is 128 g/mol. The van der Waals surface area contributed by atoms with E-state index in [1.807, 2.05) is 0 Å². The molecular weight excluding hydrogens is 116 g/mol. The van der Waals surface area contributed by atoms with Crippen molar-refractivity contribution < 1.29 is 0 Å². The lowest BCUT2D eigenvalue weighted by Crippen LogP contribution is -1.97. The van der Waals surface area contributed by atoms with Gasteiger partial charge in [-0.3, -0.25) is 0 Å². The summed E-state index contributed by atoms with van der Waals surface area (Å²) in [5.74, 6) is 3.09. The normalized spacial score (nSPS) is 60.8. The summed E-state index contributed by atoms with van der Waals surface area (Å²) in [4.78, 5) is 0. The van der Waals surface area contributed by atoms with Gasteiger partial charge in [0.15, 0.2) is 0 Å². The van der Waals surface area contributed by atoms with Gasteiger partial charge in [0.1, 0.15) is 0 Å². The summed E-state index contributed by atoms with van der Waals surface area (Å²) in [6.07, 6.45) is 2.85. The maximum Gasteiger partial charge on any atom is 0.00505 e. The van der Waals surface area contributed by atoms with E-state index < -0.39 is 0 Å². The van der Waals surface area contributed by atoms with Crippen LogP contribution in [0.3, 0.4) is 0 Å². The van der Waals surface area contributed by atoms with Gasteiger partial charge >= 0.3 is 0 Å². The predicted molar refractivity (Wildman–Crippen MR) is 38.2 cm³/mol. The zero-order valence-corrected chi connectivity index (χ0v) is 6.07. The molecule has 0 radical (unpaired) electrons. The van der Waals surface area contributed by atoms with Crippen molar-refractivity contribution in [2.24, 2.45) is 17.8 Å². The molecule has 0 N–H and O–H groups in total. The Morgan fingerprint density at radius 1 is 1.25 bits per heavy atom. The van der Waals surface area contributed by atoms with Crippen LogP contribution in [0.4, 0.5) is 0 Å². The molecule has 2 fully saturated rings. The highest BCUT2D eigenvalue weighted by atomic mass is 32.1. The molecule has 2 rings (SSSR count). The van der Waals surface area contributed by atoms with Crippen LogP contribution in [-0.2, 0) is 0 Å². The van der Waals surface area contributed by atoms with Gasteiger partial charge in [0.05, 0.1) is 0 Å². The second-order valence-electron chi connectivity index (χ2n) is 3.34. The fraction of sp³-hybridized carbons (Fsp3) is 1.00. The second kappa shape index (κ2) is 1.44. The Bertz CT molecular complexity index is 95.0. The van der Waals surface area contributed by atoms with Gasteiger partial charge in [-0.1, -0.05) is 6.92 Å². The fourth-order valence-corrected chi connectivity index (χ4v) is 2.74. The first kappa shape index (κ1) is 5.16. The minimum Gasteiger partial charge on any atom is -0.176 e. The van der Waals surface area contributed by atoms with Crippen molar-refractivity contribution in [1.82, 2.24) is 0 Å². The van der Waals surface area contributed by atoms with E-state index in [2.05, 4.69) is 19.6 Å². The van der Waals surface area contributed by atoms with Gasteiger partial charge in [0, 0.05) is 5.25 Å². The third-order valence-corrected chi connectivity index (χ3v) is 3.32. The van der Waals surface area contributed by atoms with Gasteiger partial charge in [0.25, 0.3) is 0 Å². The SMILES string of the molecule is CC1CC(S)C2CC12. The molecule has 8 heavy (non-hydrogen) atoms. The first-order valence-corrected chi connectivity index (χ1v) is 3.98. The van der Waals surface area contributed by atoms with E-state index in [9.17, 15) is 0 Å². The molecule has 2 saturated carbocycles. The highest BCUT2D eigenvalue weighted by Crippen LogP contribution is 2.56. The van der Waals surface area contributed by atoms with E-state index >= 15 is 0 Å². The van der Waals surface area contributed by atoms with Gasteiger partial charge < -0.3 is 0 Å². The number of fused-ring (bicyclic) bond motifs is 1. The Balaban J connectivity index is 2.09. The van der Waals surface area contributed by atoms with Crippen LogP contribution >= 0.6 is 12.6 Å². The highest BCUT2D eigenvalue weighted by Gasteiger charge is 2.50. The molecule has 0 aromatic heterocycles. The molecule has 2 aliphatic rings. The lowest BCUT2D eigenvalue weighted by Gasteiger charge is -2.04. The Kier molecular flexibility index (Phi) is 0.928. The summed E-state index contributed by atoms with van der Waals surface area (Å²) in [5, 5.41) is 0.759. The minimum absolute atomic E-state index is 0.759. The predicted octanol–water partition coefficient (Wildman–Crippen LogP) is 1.96. The van der Waals surface area contributed by atoms with Gasteiger partial charge in [-0.05, 0) is 30.6 Å². The molecule has 46 valence electrons. The lowest BCUT2D eigenvalue weighted by atomic mass is 10.1. The summed E-state index contributed by atoms with van der Waals surface area (Å²) >= 11 is 4.49. The third-order valence-electron chi connectivity index (χ3n) is 2.73. The Morgan fingerprint density at radius 2 is 2.00 bits per heavy atom. The molecule has 0 aliphatic heterocycles. The van der Waals surface area contributed by atoms with Crippen molar-refractivity contribution in [2.75, 3.05) is 0 Å². The maximum atomic E-state index is 4.49. The molecule has 0 aromatic carbocycles. The summed E-state index contributed by atoms with van der Waals surface area (Å²) in [5.41, 5.74) is 0. The van der Waals surface area contributed by atoms with E-state index in [-0.39, 0.29) is 0 Å². The van der Waals surface area contributed by atoms with Gasteiger partial charge in [-0.15, -0.1) is 0 Å². The second-order valence-corrected chi connectivity index (χ2v) is 4.01. The zero-order valence-electron chi connectivity index (χ0n) is 5.17. The molecule has 4 atom stereocenters. The molecule has 0 aromatic rings. The number of rotatable bonds is 0. The van der Waals surface area contributed by atoms with Crippen LogP contribution < -0.4 is 0 Å². The molecule has 0 heterocycles. The van der Waals surface area contributed by atoms with Crippen LogP contribution in [0.25, 0.3) is 0 Å². The number of hydrogen-bond acceptors (Lipinski definition) is 1. The lowest BCUT2D eigenvalue weighted by molar-refractivity contribution is 0.534. The van der Waals surface area contributed by atoms with E-state index in [1.54, 1.807) is 0 Å². The summed E-state index contributed by atoms with van der Waals surface area (Å²) in [6, 6.07) is 0. The van der Waals surface area contributed by atoms with Crippen LogP contribution in [0, 0.1) is 17.8 Å². The molecule has 0 spiro atoms. The van der Waals surface area contributed by atoms with E-state index in [0.717, 1.165) is 23.0 Å². The first-order chi connectivity index (χ1) is 3.79. The van der Waals surface area contributed by atoms with Gasteiger partial charge in [0.2, 0.25) is 0 Å². The molecule has 4 unspecified atom stereocenters. The fourth-order valence-electron chi connectivity index (χ4n) is 2.06. The molecule has 0 saturated heterocycles. The first-order valence-electron chi connectivity index (χ1n) is 3.47. The number of hydrogen-bond donors (Lipinski definition) is 1. The molecule has 2 aliphatic carbocycles. The number of thiol groups is 1. The largest absolute Gasteiger partial charge is 0.176 e. The van der Waals surface area contributed by atoms with Crippen LogP contribution in [0.2, 0.25) is 0 Å². The van der Waals surface area contributed by atoms with Gasteiger partial charge in [-0.2, -0.15) is 12.6 Å². The summed E-state index contributed by atoms with van der Waals surface area (Å²) in [6.45, 7) is 2.36. The van der Waals surface area contributed by atoms with Crippen molar-refractivity contribution in [3.05, 3.63) is 0 Å². The van der Waals surface area contributed by atoms with Crippen molar-refractivity contribution >= 4 is 12.6 Å². The zero-order chi connectivity index (χ0) is 5.72. The van der Waals surface area contributed by atoms with E-state index in [1.165, 1.54) is 12.8 Å². The van der Waals surface area contributed by atoms with Crippen molar-refractivity contribution in [1.29, 1.82) is 0 Å². The smallest absolute Gasteiger partial charge is 0.00505 e. The third kappa shape index (κ3) is 0.540. The standard InChI is InChI=1S/C7H12S/c1-4-2-7(8)6-3-5(4)6/h4-8H,2-3H2,1H3.